The van der Waals surface area contributed by atoms with Gasteiger partial charge < -0.3 is 4.74 Å². The second-order valence-corrected chi connectivity index (χ2v) is 9.98. The summed E-state index contributed by atoms with van der Waals surface area (Å²) in [4.78, 5) is 0. The van der Waals surface area contributed by atoms with Crippen molar-refractivity contribution >= 4 is 44.7 Å². The summed E-state index contributed by atoms with van der Waals surface area (Å²) in [5, 5.41) is 5.65. The highest BCUT2D eigenvalue weighted by Crippen LogP contribution is 2.34. The second-order valence-electron chi connectivity index (χ2n) is 9.60. The zero-order chi connectivity index (χ0) is 27.0. The zero-order valence-electron chi connectivity index (χ0n) is 22.6. The fourth-order valence-electron chi connectivity index (χ4n) is 5.01. The zero-order valence-corrected chi connectivity index (χ0v) is 23.4. The highest BCUT2D eigenvalue weighted by atomic mass is 35.5. The fraction of sp³-hybridized carbons (Fsp3) is 0.194. The van der Waals surface area contributed by atoms with E-state index in [0.29, 0.717) is 13.2 Å². The van der Waals surface area contributed by atoms with Crippen molar-refractivity contribution in [3.05, 3.63) is 137 Å². The van der Waals surface area contributed by atoms with Gasteiger partial charge in [-0.1, -0.05) is 84.4 Å². The molecular formula is C36H34ClO2+. The van der Waals surface area contributed by atoms with E-state index < -0.39 is 0 Å². The Hall–Kier alpha value is -3.88. The number of allylic oxidation sites excluding steroid dienone is 7. The van der Waals surface area contributed by atoms with Gasteiger partial charge in [-0.3, -0.25) is 4.42 Å². The van der Waals surface area contributed by atoms with Crippen molar-refractivity contribution in [2.75, 3.05) is 13.2 Å². The lowest BCUT2D eigenvalue weighted by atomic mass is 9.93. The van der Waals surface area contributed by atoms with E-state index in [1.165, 1.54) is 21.5 Å². The van der Waals surface area contributed by atoms with Crippen LogP contribution in [0.25, 0.3) is 27.3 Å². The van der Waals surface area contributed by atoms with Gasteiger partial charge in [-0.2, -0.15) is 0 Å². The Labute approximate surface area is 236 Å². The number of hydrogen-bond acceptors (Lipinski definition) is 1. The standard InChI is InChI=1S/C36H34ClO2/c1-3-38-34(32-18-16-26-10-5-7-12-30(26)24-32)22-20-28-14-9-15-29(36(28)37)21-23-35(39-4-2)33-19-17-27-11-6-8-13-31(27)25-33/h5-8,10-13,16-25H,3-4,9,14-15H2,1-2H3/q+1. The Balaban J connectivity index is 1.43. The molecule has 1 aliphatic rings. The molecule has 4 aromatic rings. The van der Waals surface area contributed by atoms with Crippen LogP contribution in [0.5, 0.6) is 0 Å². The molecule has 0 radical (unpaired) electrons. The molecule has 5 rings (SSSR count). The van der Waals surface area contributed by atoms with Crippen LogP contribution in [0, 0.1) is 0 Å². The lowest BCUT2D eigenvalue weighted by molar-refractivity contribution is -0.261. The minimum Gasteiger partial charge on any atom is -0.493 e. The summed E-state index contributed by atoms with van der Waals surface area (Å²) in [5.74, 6) is 1.71. The Kier molecular flexibility index (Phi) is 8.75. The molecular weight excluding hydrogens is 500 g/mol. The molecule has 0 amide bonds. The summed E-state index contributed by atoms with van der Waals surface area (Å²) in [6, 6.07) is 29.6. The Morgan fingerprint density at radius 3 is 2.13 bits per heavy atom. The van der Waals surface area contributed by atoms with Gasteiger partial charge in [0.15, 0.2) is 0 Å². The molecule has 0 fully saturated rings. The molecule has 0 heterocycles. The second kappa shape index (κ2) is 12.8. The van der Waals surface area contributed by atoms with Crippen molar-refractivity contribution < 1.29 is 9.16 Å². The average Bonchev–Trinajstić information content (AvgIpc) is 2.98. The molecule has 0 atom stereocenters. The third-order valence-corrected chi connectivity index (χ3v) is 7.48. The predicted octanol–water partition coefficient (Wildman–Crippen LogP) is 9.97. The molecule has 1 aliphatic carbocycles. The third-order valence-electron chi connectivity index (χ3n) is 7.00. The maximum atomic E-state index is 6.96. The maximum absolute atomic E-state index is 6.96. The van der Waals surface area contributed by atoms with Crippen molar-refractivity contribution in [2.45, 2.75) is 33.1 Å². The van der Waals surface area contributed by atoms with Crippen LogP contribution in [0.15, 0.2) is 125 Å². The lowest BCUT2D eigenvalue weighted by Crippen LogP contribution is -2.01. The van der Waals surface area contributed by atoms with E-state index in [1.807, 2.05) is 13.8 Å². The minimum atomic E-state index is 0.601. The lowest BCUT2D eigenvalue weighted by Gasteiger charge is -2.17. The van der Waals surface area contributed by atoms with Gasteiger partial charge in [-0.05, 0) is 89.2 Å². The predicted molar refractivity (Wildman–Crippen MR) is 166 cm³/mol. The first-order valence-corrected chi connectivity index (χ1v) is 14.1. The molecule has 0 aliphatic heterocycles. The van der Waals surface area contributed by atoms with E-state index in [0.717, 1.165) is 58.1 Å². The summed E-state index contributed by atoms with van der Waals surface area (Å²) in [7, 11) is 0. The molecule has 0 saturated heterocycles. The van der Waals surface area contributed by atoms with Crippen LogP contribution < -0.4 is 0 Å². The van der Waals surface area contributed by atoms with Crippen molar-refractivity contribution in [1.82, 2.24) is 0 Å². The first kappa shape index (κ1) is 26.7. The van der Waals surface area contributed by atoms with Gasteiger partial charge >= 0.3 is 5.78 Å². The SMILES string of the molecule is CCOC(=CC=C1CCCC(C=CC(=[O+]CC)c2ccc3ccccc3c2)=C1Cl)c1ccc2ccccc2c1. The van der Waals surface area contributed by atoms with Crippen LogP contribution in [-0.2, 0) is 4.74 Å². The molecule has 39 heavy (non-hydrogen) atoms. The molecule has 0 saturated carbocycles. The van der Waals surface area contributed by atoms with Crippen molar-refractivity contribution in [3.63, 3.8) is 0 Å². The van der Waals surface area contributed by atoms with Crippen LogP contribution in [0.2, 0.25) is 0 Å². The summed E-state index contributed by atoms with van der Waals surface area (Å²) >= 11 is 6.96. The minimum absolute atomic E-state index is 0.601. The van der Waals surface area contributed by atoms with Gasteiger partial charge in [0.2, 0.25) is 0 Å². The normalized spacial score (nSPS) is 16.1. The topological polar surface area (TPSA) is 20.5 Å². The van der Waals surface area contributed by atoms with Crippen LogP contribution in [0.4, 0.5) is 0 Å². The van der Waals surface area contributed by atoms with Crippen LogP contribution >= 0.6 is 11.6 Å². The van der Waals surface area contributed by atoms with Crippen molar-refractivity contribution in [2.24, 2.45) is 0 Å². The first-order chi connectivity index (χ1) is 19.2. The first-order valence-electron chi connectivity index (χ1n) is 13.7. The van der Waals surface area contributed by atoms with E-state index in [9.17, 15) is 0 Å². The van der Waals surface area contributed by atoms with E-state index in [-0.39, 0.29) is 0 Å². The number of hydrogen-bond donors (Lipinski definition) is 0. The Morgan fingerprint density at radius 1 is 0.821 bits per heavy atom. The summed E-state index contributed by atoms with van der Waals surface area (Å²) in [6.45, 7) is 5.23. The molecule has 2 nitrogen and oxygen atoms in total. The van der Waals surface area contributed by atoms with Crippen LogP contribution in [0.3, 0.4) is 0 Å². The number of rotatable bonds is 8. The van der Waals surface area contributed by atoms with Gasteiger partial charge in [0.25, 0.3) is 6.61 Å². The molecule has 0 spiro atoms. The monoisotopic (exact) mass is 533 g/mol. The smallest absolute Gasteiger partial charge is 0.350 e. The Morgan fingerprint density at radius 2 is 1.46 bits per heavy atom. The summed E-state index contributed by atoms with van der Waals surface area (Å²) in [6.07, 6.45) is 11.3. The van der Waals surface area contributed by atoms with Crippen LogP contribution in [-0.4, -0.2) is 19.0 Å². The molecule has 3 heteroatoms. The Bertz CT molecular complexity index is 1630. The molecule has 4 aromatic carbocycles. The highest BCUT2D eigenvalue weighted by Gasteiger charge is 2.17. The summed E-state index contributed by atoms with van der Waals surface area (Å²) in [5.41, 5.74) is 4.39. The number of halogens is 1. The molecule has 0 unspecified atom stereocenters. The van der Waals surface area contributed by atoms with Gasteiger partial charge in [0, 0.05) is 23.6 Å². The van der Waals surface area contributed by atoms with Gasteiger partial charge in [-0.25, -0.2) is 0 Å². The van der Waals surface area contributed by atoms with Crippen molar-refractivity contribution in [3.8, 4) is 0 Å². The van der Waals surface area contributed by atoms with Gasteiger partial charge in [0.05, 0.1) is 12.2 Å². The van der Waals surface area contributed by atoms with E-state index >= 15 is 0 Å². The fourth-order valence-corrected chi connectivity index (χ4v) is 5.33. The third kappa shape index (κ3) is 6.41. The van der Waals surface area contributed by atoms with Crippen molar-refractivity contribution in [1.29, 1.82) is 0 Å². The van der Waals surface area contributed by atoms with Gasteiger partial charge in [0.1, 0.15) is 5.76 Å². The van der Waals surface area contributed by atoms with E-state index in [1.54, 1.807) is 0 Å². The molecule has 0 N–H and O–H groups in total. The number of ether oxygens (including phenoxy) is 1. The van der Waals surface area contributed by atoms with E-state index in [4.69, 9.17) is 20.8 Å². The quantitative estimate of drug-likeness (QED) is 0.0954. The highest BCUT2D eigenvalue weighted by molar-refractivity contribution is 6.32. The molecule has 0 aromatic heterocycles. The average molecular weight is 534 g/mol. The van der Waals surface area contributed by atoms with E-state index in [2.05, 4.69) is 109 Å². The number of fused-ring (bicyclic) bond motifs is 2. The number of benzene rings is 4. The molecule has 0 bridgehead atoms. The van der Waals surface area contributed by atoms with Gasteiger partial charge in [-0.15, -0.1) is 0 Å². The largest absolute Gasteiger partial charge is 0.493 e. The number of carbonyl (C=O) groups excluding carboxylic acids is 1. The molecule has 196 valence electrons. The summed E-state index contributed by atoms with van der Waals surface area (Å²) < 4.78 is 12.1. The number of ketones is 1. The maximum Gasteiger partial charge on any atom is 0.350 e. The van der Waals surface area contributed by atoms with Crippen LogP contribution in [0.1, 0.15) is 48.7 Å².